The lowest BCUT2D eigenvalue weighted by Crippen LogP contribution is -2.04. The predicted molar refractivity (Wildman–Crippen MR) is 112 cm³/mol. The number of thioether (sulfide) groups is 1. The minimum absolute atomic E-state index is 0.0950. The smallest absolute Gasteiger partial charge is 0.208 e. The number of nitrogens with zero attached hydrogens (tertiary/aromatic N) is 3. The second kappa shape index (κ2) is 8.04. The first-order valence-corrected chi connectivity index (χ1v) is 9.96. The quantitative estimate of drug-likeness (QED) is 0.229. The van der Waals surface area contributed by atoms with Gasteiger partial charge in [-0.25, -0.2) is 0 Å². The molecule has 0 aliphatic carbocycles. The van der Waals surface area contributed by atoms with Crippen molar-refractivity contribution >= 4 is 40.1 Å². The molecule has 0 unspecified atom stereocenters. The molecular weight excluding hydrogens is 394 g/mol. The molecule has 2 heterocycles. The Bertz CT molecular complexity index is 1120. The van der Waals surface area contributed by atoms with E-state index in [2.05, 4.69) is 16.8 Å². The van der Waals surface area contributed by atoms with E-state index in [4.69, 9.17) is 16.0 Å². The Morgan fingerprint density at radius 3 is 2.71 bits per heavy atom. The number of fused-ring (bicyclic) bond motifs is 1. The van der Waals surface area contributed by atoms with Crippen LogP contribution in [-0.4, -0.2) is 26.3 Å². The van der Waals surface area contributed by atoms with Crippen LogP contribution in [0.2, 0.25) is 5.02 Å². The molecule has 0 aliphatic heterocycles. The van der Waals surface area contributed by atoms with E-state index >= 15 is 0 Å². The SMILES string of the molecule is C=CCn1c(SCC(=O)c2cc3ccccc3o2)nnc1-c1ccc(Cl)cc1. The van der Waals surface area contributed by atoms with Crippen molar-refractivity contribution in [2.75, 3.05) is 5.75 Å². The van der Waals surface area contributed by atoms with Gasteiger partial charge in [-0.3, -0.25) is 9.36 Å². The first-order valence-electron chi connectivity index (χ1n) is 8.60. The Balaban J connectivity index is 1.54. The number of para-hydroxylation sites is 1. The van der Waals surface area contributed by atoms with E-state index in [9.17, 15) is 4.79 Å². The van der Waals surface area contributed by atoms with Crippen LogP contribution in [0.15, 0.2) is 76.8 Å². The van der Waals surface area contributed by atoms with E-state index < -0.39 is 0 Å². The van der Waals surface area contributed by atoms with E-state index in [0.29, 0.717) is 33.9 Å². The lowest BCUT2D eigenvalue weighted by molar-refractivity contribution is 0.0994. The van der Waals surface area contributed by atoms with Gasteiger partial charge in [0.2, 0.25) is 5.78 Å². The highest BCUT2D eigenvalue weighted by Crippen LogP contribution is 2.26. The van der Waals surface area contributed by atoms with Gasteiger partial charge in [-0.2, -0.15) is 0 Å². The number of aromatic nitrogens is 3. The van der Waals surface area contributed by atoms with E-state index in [1.807, 2.05) is 53.1 Å². The standard InChI is InChI=1S/C21H16ClN3O2S/c1-2-11-25-20(14-7-9-16(22)10-8-14)23-24-21(25)28-13-17(26)19-12-15-5-3-4-6-18(15)27-19/h2-10,12H,1,11,13H2. The van der Waals surface area contributed by atoms with E-state index in [1.165, 1.54) is 11.8 Å². The van der Waals surface area contributed by atoms with Crippen LogP contribution in [0.3, 0.4) is 0 Å². The summed E-state index contributed by atoms with van der Waals surface area (Å²) in [4.78, 5) is 12.6. The third-order valence-corrected chi connectivity index (χ3v) is 5.38. The summed E-state index contributed by atoms with van der Waals surface area (Å²) in [5, 5.41) is 10.8. The molecule has 0 fully saturated rings. The molecule has 0 saturated heterocycles. The average Bonchev–Trinajstić information content (AvgIpc) is 3.31. The zero-order valence-electron chi connectivity index (χ0n) is 14.8. The second-order valence-corrected chi connectivity index (χ2v) is 7.45. The zero-order valence-corrected chi connectivity index (χ0v) is 16.4. The van der Waals surface area contributed by atoms with Crippen LogP contribution in [-0.2, 0) is 6.54 Å². The number of carbonyl (C=O) groups is 1. The normalized spacial score (nSPS) is 11.0. The number of benzene rings is 2. The summed E-state index contributed by atoms with van der Waals surface area (Å²) in [5.74, 6) is 1.16. The molecule has 140 valence electrons. The Morgan fingerprint density at radius 1 is 1.18 bits per heavy atom. The summed E-state index contributed by atoms with van der Waals surface area (Å²) >= 11 is 7.29. The molecule has 0 radical (unpaired) electrons. The summed E-state index contributed by atoms with van der Waals surface area (Å²) in [6, 6.07) is 16.7. The Morgan fingerprint density at radius 2 is 1.96 bits per heavy atom. The third kappa shape index (κ3) is 3.74. The van der Waals surface area contributed by atoms with E-state index in [1.54, 1.807) is 12.1 Å². The molecule has 0 spiro atoms. The van der Waals surface area contributed by atoms with Crippen molar-refractivity contribution in [3.05, 3.63) is 78.0 Å². The molecule has 4 rings (SSSR count). The molecule has 2 aromatic carbocycles. The van der Waals surface area contributed by atoms with Gasteiger partial charge in [0.05, 0.1) is 5.75 Å². The number of hydrogen-bond donors (Lipinski definition) is 0. The lowest BCUT2D eigenvalue weighted by Gasteiger charge is -2.07. The van der Waals surface area contributed by atoms with Crippen LogP contribution in [0.25, 0.3) is 22.4 Å². The van der Waals surface area contributed by atoms with Gasteiger partial charge in [-0.05, 0) is 36.4 Å². The molecule has 7 heteroatoms. The molecule has 5 nitrogen and oxygen atoms in total. The fraction of sp³-hybridized carbons (Fsp3) is 0.0952. The predicted octanol–water partition coefficient (Wildman–Crippen LogP) is 5.51. The lowest BCUT2D eigenvalue weighted by atomic mass is 10.2. The van der Waals surface area contributed by atoms with Crippen molar-refractivity contribution < 1.29 is 9.21 Å². The first-order chi connectivity index (χ1) is 13.7. The molecule has 0 aliphatic rings. The fourth-order valence-electron chi connectivity index (χ4n) is 2.82. The van der Waals surface area contributed by atoms with Gasteiger partial charge in [0.25, 0.3) is 0 Å². The second-order valence-electron chi connectivity index (χ2n) is 6.07. The number of hydrogen-bond acceptors (Lipinski definition) is 5. The average molecular weight is 410 g/mol. The molecule has 4 aromatic rings. The van der Waals surface area contributed by atoms with Gasteiger partial charge in [0.15, 0.2) is 16.7 Å². The largest absolute Gasteiger partial charge is 0.453 e. The molecule has 0 amide bonds. The molecule has 28 heavy (non-hydrogen) atoms. The number of furan rings is 1. The van der Waals surface area contributed by atoms with Crippen LogP contribution in [0.4, 0.5) is 0 Å². The minimum atomic E-state index is -0.0950. The molecule has 0 saturated carbocycles. The molecule has 0 bridgehead atoms. The van der Waals surface area contributed by atoms with Crippen LogP contribution < -0.4 is 0 Å². The molecular formula is C21H16ClN3O2S. The summed E-state index contributed by atoms with van der Waals surface area (Å²) in [6.07, 6.45) is 1.77. The number of allylic oxidation sites excluding steroid dienone is 1. The van der Waals surface area contributed by atoms with Crippen molar-refractivity contribution in [2.24, 2.45) is 0 Å². The Kier molecular flexibility index (Phi) is 5.32. The van der Waals surface area contributed by atoms with Crippen molar-refractivity contribution in [1.29, 1.82) is 0 Å². The highest BCUT2D eigenvalue weighted by atomic mass is 35.5. The van der Waals surface area contributed by atoms with Gasteiger partial charge in [-0.1, -0.05) is 47.6 Å². The maximum atomic E-state index is 12.6. The Hall–Kier alpha value is -2.83. The van der Waals surface area contributed by atoms with Crippen LogP contribution in [0.5, 0.6) is 0 Å². The van der Waals surface area contributed by atoms with Gasteiger partial charge >= 0.3 is 0 Å². The molecule has 0 atom stereocenters. The number of halogens is 1. The number of ketones is 1. The minimum Gasteiger partial charge on any atom is -0.453 e. The molecule has 0 N–H and O–H groups in total. The number of carbonyl (C=O) groups excluding carboxylic acids is 1. The van der Waals surface area contributed by atoms with Crippen molar-refractivity contribution in [1.82, 2.24) is 14.8 Å². The fourth-order valence-corrected chi connectivity index (χ4v) is 3.77. The summed E-state index contributed by atoms with van der Waals surface area (Å²) in [6.45, 7) is 4.34. The number of Topliss-reactive ketones (excluding diaryl/α,β-unsaturated/α-hetero) is 1. The maximum absolute atomic E-state index is 12.6. The monoisotopic (exact) mass is 409 g/mol. The Labute approximate surface area is 171 Å². The summed E-state index contributed by atoms with van der Waals surface area (Å²) in [7, 11) is 0. The highest BCUT2D eigenvalue weighted by Gasteiger charge is 2.17. The first kappa shape index (κ1) is 18.5. The zero-order chi connectivity index (χ0) is 19.5. The topological polar surface area (TPSA) is 60.9 Å². The van der Waals surface area contributed by atoms with E-state index in [0.717, 1.165) is 10.9 Å². The van der Waals surface area contributed by atoms with Crippen LogP contribution >= 0.6 is 23.4 Å². The van der Waals surface area contributed by atoms with Gasteiger partial charge < -0.3 is 4.42 Å². The van der Waals surface area contributed by atoms with Crippen LogP contribution in [0.1, 0.15) is 10.6 Å². The van der Waals surface area contributed by atoms with Gasteiger partial charge in [0, 0.05) is 22.5 Å². The third-order valence-electron chi connectivity index (χ3n) is 4.16. The van der Waals surface area contributed by atoms with Crippen LogP contribution in [0, 0.1) is 0 Å². The number of rotatable bonds is 7. The van der Waals surface area contributed by atoms with Crippen molar-refractivity contribution in [3.63, 3.8) is 0 Å². The highest BCUT2D eigenvalue weighted by molar-refractivity contribution is 7.99. The van der Waals surface area contributed by atoms with E-state index in [-0.39, 0.29) is 11.5 Å². The van der Waals surface area contributed by atoms with Gasteiger partial charge in [0.1, 0.15) is 5.58 Å². The van der Waals surface area contributed by atoms with Crippen molar-refractivity contribution in [3.8, 4) is 11.4 Å². The maximum Gasteiger partial charge on any atom is 0.208 e. The summed E-state index contributed by atoms with van der Waals surface area (Å²) in [5.41, 5.74) is 1.60. The molecule has 2 aromatic heterocycles. The van der Waals surface area contributed by atoms with Gasteiger partial charge in [-0.15, -0.1) is 16.8 Å². The summed E-state index contributed by atoms with van der Waals surface area (Å²) < 4.78 is 7.57. The van der Waals surface area contributed by atoms with Crippen molar-refractivity contribution in [2.45, 2.75) is 11.7 Å².